The van der Waals surface area contributed by atoms with E-state index in [9.17, 15) is 13.2 Å². The van der Waals surface area contributed by atoms with Gasteiger partial charge in [-0.3, -0.25) is 4.79 Å². The van der Waals surface area contributed by atoms with E-state index in [2.05, 4.69) is 4.99 Å². The highest BCUT2D eigenvalue weighted by Crippen LogP contribution is 2.20. The number of aryl methyl sites for hydroxylation is 1. The molecule has 0 N–H and O–H groups in total. The van der Waals surface area contributed by atoms with Crippen LogP contribution in [-0.2, 0) is 23.1 Å². The van der Waals surface area contributed by atoms with E-state index in [1.54, 1.807) is 0 Å². The summed E-state index contributed by atoms with van der Waals surface area (Å²) in [4.78, 5) is 17.9. The van der Waals surface area contributed by atoms with Crippen molar-refractivity contribution in [2.45, 2.75) is 31.8 Å². The first-order valence-electron chi connectivity index (χ1n) is 10.8. The van der Waals surface area contributed by atoms with Gasteiger partial charge in [-0.05, 0) is 48.9 Å². The first-order chi connectivity index (χ1) is 15.9. The zero-order valence-electron chi connectivity index (χ0n) is 18.5. The number of carbonyl (C=O) groups excluding carboxylic acids is 1. The van der Waals surface area contributed by atoms with Crippen molar-refractivity contribution in [3.05, 3.63) is 94.8 Å². The molecule has 4 aromatic rings. The SMILES string of the molecule is CCN(Cc1ccccc1)S(=O)(=O)c1ccc(C(=O)N=c2sc3ccccc3n2CC)cc1. The van der Waals surface area contributed by atoms with Gasteiger partial charge in [0, 0.05) is 25.2 Å². The second-order valence-corrected chi connectivity index (χ2v) is 10.4. The smallest absolute Gasteiger partial charge is 0.279 e. The Labute approximate surface area is 197 Å². The second-order valence-electron chi connectivity index (χ2n) is 7.45. The number of nitrogens with zero attached hydrogens (tertiary/aromatic N) is 3. The summed E-state index contributed by atoms with van der Waals surface area (Å²) in [6.45, 7) is 5.15. The lowest BCUT2D eigenvalue weighted by molar-refractivity contribution is 0.0997. The van der Waals surface area contributed by atoms with Crippen molar-refractivity contribution in [3.63, 3.8) is 0 Å². The van der Waals surface area contributed by atoms with Gasteiger partial charge in [-0.25, -0.2) is 8.42 Å². The number of rotatable bonds is 7. The van der Waals surface area contributed by atoms with Gasteiger partial charge in [-0.15, -0.1) is 0 Å². The van der Waals surface area contributed by atoms with E-state index in [1.807, 2.05) is 73.0 Å². The predicted octanol–water partition coefficient (Wildman–Crippen LogP) is 4.67. The van der Waals surface area contributed by atoms with Crippen molar-refractivity contribution >= 4 is 37.5 Å². The van der Waals surface area contributed by atoms with Crippen molar-refractivity contribution < 1.29 is 13.2 Å². The Bertz CT molecular complexity index is 1440. The summed E-state index contributed by atoms with van der Waals surface area (Å²) >= 11 is 1.46. The van der Waals surface area contributed by atoms with E-state index in [0.29, 0.717) is 30.0 Å². The Morgan fingerprint density at radius 1 is 0.939 bits per heavy atom. The summed E-state index contributed by atoms with van der Waals surface area (Å²) < 4.78 is 30.8. The van der Waals surface area contributed by atoms with Crippen molar-refractivity contribution in [3.8, 4) is 0 Å². The first-order valence-corrected chi connectivity index (χ1v) is 13.0. The molecule has 1 aromatic heterocycles. The molecule has 0 saturated carbocycles. The van der Waals surface area contributed by atoms with Crippen LogP contribution in [0.5, 0.6) is 0 Å². The number of amides is 1. The molecule has 0 unspecified atom stereocenters. The Morgan fingerprint density at radius 3 is 2.27 bits per heavy atom. The average Bonchev–Trinajstić information content (AvgIpc) is 3.20. The van der Waals surface area contributed by atoms with Crippen LogP contribution in [0.2, 0.25) is 0 Å². The molecule has 0 radical (unpaired) electrons. The summed E-state index contributed by atoms with van der Waals surface area (Å²) in [5.74, 6) is -0.399. The largest absolute Gasteiger partial charge is 0.317 e. The van der Waals surface area contributed by atoms with E-state index in [4.69, 9.17) is 0 Å². The van der Waals surface area contributed by atoms with E-state index in [1.165, 1.54) is 39.9 Å². The summed E-state index contributed by atoms with van der Waals surface area (Å²) in [6, 6.07) is 23.4. The molecule has 6 nitrogen and oxygen atoms in total. The summed E-state index contributed by atoms with van der Waals surface area (Å²) in [5, 5.41) is 0. The van der Waals surface area contributed by atoms with Gasteiger partial charge in [0.1, 0.15) is 0 Å². The van der Waals surface area contributed by atoms with Crippen LogP contribution in [-0.4, -0.2) is 29.7 Å². The number of aromatic nitrogens is 1. The number of carbonyl (C=O) groups is 1. The number of sulfonamides is 1. The summed E-state index contributed by atoms with van der Waals surface area (Å²) in [6.07, 6.45) is 0. The number of thiazole rings is 1. The minimum atomic E-state index is -3.69. The van der Waals surface area contributed by atoms with Crippen LogP contribution in [0.4, 0.5) is 0 Å². The Kier molecular flexibility index (Phi) is 6.88. The zero-order chi connectivity index (χ0) is 23.4. The standard InChI is InChI=1S/C25H25N3O3S2/c1-3-27(18-19-10-6-5-7-11-19)33(30,31)21-16-14-20(15-17-21)24(29)26-25-28(4-2)22-12-8-9-13-23(22)32-25/h5-17H,3-4,18H2,1-2H3. The van der Waals surface area contributed by atoms with Crippen LogP contribution in [0.3, 0.4) is 0 Å². The summed E-state index contributed by atoms with van der Waals surface area (Å²) in [7, 11) is -3.69. The van der Waals surface area contributed by atoms with E-state index in [0.717, 1.165) is 15.8 Å². The molecular weight excluding hydrogens is 454 g/mol. The lowest BCUT2D eigenvalue weighted by Crippen LogP contribution is -2.30. The Balaban J connectivity index is 1.60. The number of hydrogen-bond acceptors (Lipinski definition) is 4. The van der Waals surface area contributed by atoms with Crippen molar-refractivity contribution in [2.24, 2.45) is 4.99 Å². The maximum Gasteiger partial charge on any atom is 0.279 e. The van der Waals surface area contributed by atoms with Gasteiger partial charge < -0.3 is 4.57 Å². The van der Waals surface area contributed by atoms with Crippen molar-refractivity contribution in [1.82, 2.24) is 8.87 Å². The fourth-order valence-corrected chi connectivity index (χ4v) is 6.16. The first kappa shape index (κ1) is 23.1. The van der Waals surface area contributed by atoms with Crippen LogP contribution < -0.4 is 4.80 Å². The maximum atomic E-state index is 13.1. The molecule has 0 aliphatic heterocycles. The highest BCUT2D eigenvalue weighted by Gasteiger charge is 2.23. The molecule has 0 aliphatic rings. The van der Waals surface area contributed by atoms with Crippen molar-refractivity contribution in [2.75, 3.05) is 6.54 Å². The molecule has 0 aliphatic carbocycles. The highest BCUT2D eigenvalue weighted by molar-refractivity contribution is 7.89. The molecule has 8 heteroatoms. The van der Waals surface area contributed by atoms with Crippen LogP contribution in [0, 0.1) is 0 Å². The Hall–Kier alpha value is -3.07. The van der Waals surface area contributed by atoms with Gasteiger partial charge in [0.25, 0.3) is 5.91 Å². The second kappa shape index (κ2) is 9.82. The van der Waals surface area contributed by atoms with Crippen LogP contribution >= 0.6 is 11.3 Å². The van der Waals surface area contributed by atoms with Gasteiger partial charge >= 0.3 is 0 Å². The molecule has 1 amide bonds. The van der Waals surface area contributed by atoms with E-state index in [-0.39, 0.29) is 4.90 Å². The van der Waals surface area contributed by atoms with Crippen LogP contribution in [0.25, 0.3) is 10.2 Å². The number of para-hydroxylation sites is 1. The number of hydrogen-bond donors (Lipinski definition) is 0. The van der Waals surface area contributed by atoms with E-state index < -0.39 is 15.9 Å². The maximum absolute atomic E-state index is 13.1. The number of fused-ring (bicyclic) bond motifs is 1. The minimum Gasteiger partial charge on any atom is -0.317 e. The third-order valence-corrected chi connectivity index (χ3v) is 8.39. The molecule has 170 valence electrons. The molecule has 0 bridgehead atoms. The lowest BCUT2D eigenvalue weighted by Gasteiger charge is -2.20. The van der Waals surface area contributed by atoms with Gasteiger partial charge in [0.15, 0.2) is 4.80 Å². The summed E-state index contributed by atoms with van der Waals surface area (Å²) in [5.41, 5.74) is 2.30. The quantitative estimate of drug-likeness (QED) is 0.387. The highest BCUT2D eigenvalue weighted by atomic mass is 32.2. The van der Waals surface area contributed by atoms with Gasteiger partial charge in [-0.1, -0.05) is 60.7 Å². The normalized spacial score (nSPS) is 12.5. The third-order valence-electron chi connectivity index (χ3n) is 5.40. The predicted molar refractivity (Wildman–Crippen MR) is 132 cm³/mol. The fourth-order valence-electron chi connectivity index (χ4n) is 3.64. The van der Waals surface area contributed by atoms with Crippen molar-refractivity contribution in [1.29, 1.82) is 0 Å². The third kappa shape index (κ3) is 4.83. The van der Waals surface area contributed by atoms with Crippen LogP contribution in [0.15, 0.2) is 88.8 Å². The molecule has 0 saturated heterocycles. The van der Waals surface area contributed by atoms with Crippen LogP contribution in [0.1, 0.15) is 29.8 Å². The molecule has 4 rings (SSSR count). The molecule has 1 heterocycles. The molecular formula is C25H25N3O3S2. The molecule has 33 heavy (non-hydrogen) atoms. The van der Waals surface area contributed by atoms with Gasteiger partial charge in [0.05, 0.1) is 15.1 Å². The fraction of sp³-hybridized carbons (Fsp3) is 0.200. The van der Waals surface area contributed by atoms with Gasteiger partial charge in [-0.2, -0.15) is 9.30 Å². The Morgan fingerprint density at radius 2 is 1.61 bits per heavy atom. The topological polar surface area (TPSA) is 71.7 Å². The zero-order valence-corrected chi connectivity index (χ0v) is 20.1. The minimum absolute atomic E-state index is 0.155. The molecule has 0 fully saturated rings. The molecule has 3 aromatic carbocycles. The van der Waals surface area contributed by atoms with E-state index >= 15 is 0 Å². The van der Waals surface area contributed by atoms with Gasteiger partial charge in [0.2, 0.25) is 10.0 Å². The molecule has 0 spiro atoms. The average molecular weight is 480 g/mol. The monoisotopic (exact) mass is 479 g/mol. The number of benzene rings is 3. The lowest BCUT2D eigenvalue weighted by atomic mass is 10.2. The molecule has 0 atom stereocenters.